The number of carbonyl (C=O) groups is 2. The van der Waals surface area contributed by atoms with Gasteiger partial charge in [-0.05, 0) is 38.3 Å². The van der Waals surface area contributed by atoms with Crippen molar-refractivity contribution in [2.45, 2.75) is 44.8 Å². The first-order chi connectivity index (χ1) is 12.7. The SMILES string of the molecule is C=C(C)[C@H]1Cc2oc(cc2C(=O)OC)[C@H](C(=C)C)[C@H]2C=C(C(=O)O2)C(O)C1. The Morgan fingerprint density at radius 3 is 2.59 bits per heavy atom. The van der Waals surface area contributed by atoms with E-state index in [1.165, 1.54) is 7.11 Å². The van der Waals surface area contributed by atoms with Gasteiger partial charge in [-0.1, -0.05) is 24.3 Å². The predicted molar refractivity (Wildman–Crippen MR) is 98.2 cm³/mol. The molecule has 0 aliphatic carbocycles. The smallest absolute Gasteiger partial charge is 0.341 e. The number of allylic oxidation sites excluding steroid dienone is 1. The number of hydrogen-bond donors (Lipinski definition) is 1. The van der Waals surface area contributed by atoms with Crippen LogP contribution in [-0.2, 0) is 20.7 Å². The second kappa shape index (κ2) is 7.19. The van der Waals surface area contributed by atoms with Crippen LogP contribution in [0.15, 0.2) is 46.4 Å². The van der Waals surface area contributed by atoms with Gasteiger partial charge in [0, 0.05) is 6.42 Å². The van der Waals surface area contributed by atoms with Crippen molar-refractivity contribution in [2.75, 3.05) is 7.11 Å². The Morgan fingerprint density at radius 1 is 1.30 bits per heavy atom. The average molecular weight is 372 g/mol. The van der Waals surface area contributed by atoms with Crippen molar-refractivity contribution in [3.63, 3.8) is 0 Å². The summed E-state index contributed by atoms with van der Waals surface area (Å²) in [5.41, 5.74) is 2.11. The first kappa shape index (κ1) is 19.2. The highest BCUT2D eigenvalue weighted by molar-refractivity contribution is 5.92. The third-order valence-electron chi connectivity index (χ3n) is 5.22. The Bertz CT molecular complexity index is 843. The van der Waals surface area contributed by atoms with Gasteiger partial charge in [0.25, 0.3) is 0 Å². The van der Waals surface area contributed by atoms with Gasteiger partial charge in [-0.2, -0.15) is 0 Å². The van der Waals surface area contributed by atoms with Crippen molar-refractivity contribution >= 4 is 11.9 Å². The Balaban J connectivity index is 2.17. The maximum atomic E-state index is 12.3. The molecule has 0 saturated heterocycles. The number of methoxy groups -OCH3 is 1. The standard InChI is InChI=1S/C21H24O6/c1-10(2)12-6-15(22)13-8-18(27-21(13)24)19(11(3)4)17-9-14(20(23)25-5)16(7-12)26-17/h8-9,12,15,18-19,22H,1,3,6-7H2,2,4-5H3/t12-,15?,18-,19+/m1/s1. The lowest BCUT2D eigenvalue weighted by Gasteiger charge is -2.21. The fourth-order valence-corrected chi connectivity index (χ4v) is 3.68. The molecule has 0 spiro atoms. The fourth-order valence-electron chi connectivity index (χ4n) is 3.68. The molecule has 1 aromatic rings. The molecule has 2 aliphatic rings. The normalized spacial score (nSPS) is 27.3. The number of aliphatic hydroxyl groups excluding tert-OH is 1. The molecule has 6 heteroatoms. The Kier molecular flexibility index (Phi) is 5.11. The van der Waals surface area contributed by atoms with Crippen molar-refractivity contribution in [3.05, 3.63) is 59.1 Å². The van der Waals surface area contributed by atoms with E-state index in [1.54, 1.807) is 19.1 Å². The number of rotatable bonds is 3. The van der Waals surface area contributed by atoms with E-state index in [4.69, 9.17) is 13.9 Å². The quantitative estimate of drug-likeness (QED) is 0.648. The number of carbonyl (C=O) groups excluding carboxylic acids is 2. The number of fused-ring (bicyclic) bond motifs is 3. The number of hydrogen-bond acceptors (Lipinski definition) is 6. The van der Waals surface area contributed by atoms with Crippen LogP contribution >= 0.6 is 0 Å². The molecule has 0 fully saturated rings. The van der Waals surface area contributed by atoms with E-state index in [-0.39, 0.29) is 17.9 Å². The molecule has 1 N–H and O–H groups in total. The molecule has 2 aliphatic heterocycles. The highest BCUT2D eigenvalue weighted by Gasteiger charge is 2.40. The number of furan rings is 1. The average Bonchev–Trinajstić information content (AvgIpc) is 3.16. The number of ether oxygens (including phenoxy) is 2. The molecule has 6 nitrogen and oxygen atoms in total. The van der Waals surface area contributed by atoms with Gasteiger partial charge in [-0.3, -0.25) is 0 Å². The molecule has 144 valence electrons. The van der Waals surface area contributed by atoms with Crippen LogP contribution in [0.3, 0.4) is 0 Å². The van der Waals surface area contributed by atoms with E-state index in [9.17, 15) is 14.7 Å². The van der Waals surface area contributed by atoms with E-state index in [2.05, 4.69) is 13.2 Å². The summed E-state index contributed by atoms with van der Waals surface area (Å²) in [6, 6.07) is 1.63. The highest BCUT2D eigenvalue weighted by Crippen LogP contribution is 2.39. The van der Waals surface area contributed by atoms with E-state index in [1.807, 2.05) is 6.92 Å². The molecule has 27 heavy (non-hydrogen) atoms. The zero-order chi connectivity index (χ0) is 19.9. The molecule has 0 aromatic carbocycles. The van der Waals surface area contributed by atoms with Crippen molar-refractivity contribution in [3.8, 4) is 0 Å². The van der Waals surface area contributed by atoms with Gasteiger partial charge in [0.15, 0.2) is 0 Å². The highest BCUT2D eigenvalue weighted by atomic mass is 16.6. The molecule has 4 atom stereocenters. The van der Waals surface area contributed by atoms with E-state index >= 15 is 0 Å². The lowest BCUT2D eigenvalue weighted by atomic mass is 9.86. The zero-order valence-corrected chi connectivity index (χ0v) is 15.8. The molecule has 0 saturated carbocycles. The fraction of sp³-hybridized carbons (Fsp3) is 0.429. The molecule has 0 radical (unpaired) electrons. The van der Waals surface area contributed by atoms with E-state index in [0.29, 0.717) is 29.1 Å². The van der Waals surface area contributed by atoms with Crippen LogP contribution in [0.2, 0.25) is 0 Å². The number of aliphatic hydroxyl groups is 1. The summed E-state index contributed by atoms with van der Waals surface area (Å²) >= 11 is 0. The van der Waals surface area contributed by atoms with Gasteiger partial charge in [0.1, 0.15) is 23.2 Å². The summed E-state index contributed by atoms with van der Waals surface area (Å²) in [4.78, 5) is 24.6. The summed E-state index contributed by atoms with van der Waals surface area (Å²) in [5.74, 6) is -0.742. The third-order valence-corrected chi connectivity index (χ3v) is 5.22. The second-order valence-corrected chi connectivity index (χ2v) is 7.29. The van der Waals surface area contributed by atoms with Gasteiger partial charge >= 0.3 is 11.9 Å². The van der Waals surface area contributed by atoms with Crippen LogP contribution in [0.25, 0.3) is 0 Å². The lowest BCUT2D eigenvalue weighted by Crippen LogP contribution is -2.22. The largest absolute Gasteiger partial charge is 0.465 e. The molecule has 3 rings (SSSR count). The first-order valence-corrected chi connectivity index (χ1v) is 8.85. The van der Waals surface area contributed by atoms with Crippen LogP contribution < -0.4 is 0 Å². The van der Waals surface area contributed by atoms with Crippen molar-refractivity contribution in [1.29, 1.82) is 0 Å². The topological polar surface area (TPSA) is 86.0 Å². The minimum absolute atomic E-state index is 0.184. The second-order valence-electron chi connectivity index (χ2n) is 7.29. The molecule has 1 aromatic heterocycles. The maximum Gasteiger partial charge on any atom is 0.341 e. The molecular formula is C21H24O6. The van der Waals surface area contributed by atoms with Gasteiger partial charge in [-0.15, -0.1) is 0 Å². The molecule has 3 heterocycles. The van der Waals surface area contributed by atoms with Gasteiger partial charge in [-0.25, -0.2) is 9.59 Å². The minimum Gasteiger partial charge on any atom is -0.465 e. The van der Waals surface area contributed by atoms with Gasteiger partial charge in [0.05, 0.1) is 24.7 Å². The first-order valence-electron chi connectivity index (χ1n) is 8.85. The Morgan fingerprint density at radius 2 is 2.00 bits per heavy atom. The van der Waals surface area contributed by atoms with Crippen molar-refractivity contribution in [2.24, 2.45) is 5.92 Å². The Hall–Kier alpha value is -2.60. The van der Waals surface area contributed by atoms with E-state index < -0.39 is 30.1 Å². The maximum absolute atomic E-state index is 12.3. The monoisotopic (exact) mass is 372 g/mol. The summed E-state index contributed by atoms with van der Waals surface area (Å²) in [6.07, 6.45) is 0.644. The summed E-state index contributed by atoms with van der Waals surface area (Å²) < 4.78 is 16.4. The predicted octanol–water partition coefficient (Wildman–Crippen LogP) is 3.08. The van der Waals surface area contributed by atoms with E-state index in [0.717, 1.165) is 5.57 Å². The van der Waals surface area contributed by atoms with Crippen molar-refractivity contribution < 1.29 is 28.6 Å². The zero-order valence-electron chi connectivity index (χ0n) is 15.8. The minimum atomic E-state index is -0.984. The van der Waals surface area contributed by atoms with Crippen LogP contribution in [0.5, 0.6) is 0 Å². The van der Waals surface area contributed by atoms with Crippen LogP contribution in [0.4, 0.5) is 0 Å². The van der Waals surface area contributed by atoms with Crippen LogP contribution in [0, 0.1) is 5.92 Å². The van der Waals surface area contributed by atoms with Crippen molar-refractivity contribution in [1.82, 2.24) is 0 Å². The van der Waals surface area contributed by atoms with Crippen LogP contribution in [0.1, 0.15) is 48.1 Å². The third kappa shape index (κ3) is 3.49. The molecule has 0 amide bonds. The van der Waals surface area contributed by atoms with Crippen LogP contribution in [-0.4, -0.2) is 36.4 Å². The molecule has 4 bridgehead atoms. The summed E-state index contributed by atoms with van der Waals surface area (Å²) in [6.45, 7) is 11.6. The van der Waals surface area contributed by atoms with Gasteiger partial charge in [0.2, 0.25) is 0 Å². The Labute approximate surface area is 158 Å². The molecule has 1 unspecified atom stereocenters. The number of esters is 2. The molecular weight excluding hydrogens is 348 g/mol. The lowest BCUT2D eigenvalue weighted by molar-refractivity contribution is -0.141. The summed E-state index contributed by atoms with van der Waals surface area (Å²) in [7, 11) is 1.31. The summed E-state index contributed by atoms with van der Waals surface area (Å²) in [5, 5.41) is 10.6. The van der Waals surface area contributed by atoms with Gasteiger partial charge < -0.3 is 19.0 Å².